The largest absolute Gasteiger partial charge is 0.388 e. The van der Waals surface area contributed by atoms with E-state index in [2.05, 4.69) is 10.3 Å². The van der Waals surface area contributed by atoms with Gasteiger partial charge in [-0.15, -0.1) is 0 Å². The number of aryl methyl sites for hydroxylation is 1. The molecule has 4 heteroatoms. The molecule has 4 nitrogen and oxygen atoms in total. The summed E-state index contributed by atoms with van der Waals surface area (Å²) in [6.07, 6.45) is 6.40. The number of carbonyl (C=O) groups excluding carboxylic acids is 1. The molecule has 1 aliphatic rings. The highest BCUT2D eigenvalue weighted by Gasteiger charge is 2.29. The van der Waals surface area contributed by atoms with E-state index in [9.17, 15) is 9.90 Å². The van der Waals surface area contributed by atoms with Gasteiger partial charge in [0.05, 0.1) is 5.60 Å². The minimum Gasteiger partial charge on any atom is -0.388 e. The molecule has 0 bridgehead atoms. The van der Waals surface area contributed by atoms with Crippen molar-refractivity contribution in [3.8, 4) is 0 Å². The van der Waals surface area contributed by atoms with Crippen molar-refractivity contribution in [2.24, 2.45) is 0 Å². The molecule has 0 radical (unpaired) electrons. The van der Waals surface area contributed by atoms with Gasteiger partial charge in [0.15, 0.2) is 0 Å². The van der Waals surface area contributed by atoms with Crippen LogP contribution < -0.4 is 5.32 Å². The first kappa shape index (κ1) is 13.0. The molecule has 1 saturated carbocycles. The number of aliphatic hydroxyl groups is 1. The van der Waals surface area contributed by atoms with Crippen molar-refractivity contribution in [3.05, 3.63) is 29.6 Å². The zero-order valence-electron chi connectivity index (χ0n) is 10.8. The lowest BCUT2D eigenvalue weighted by Gasteiger charge is -2.32. The van der Waals surface area contributed by atoms with Crippen molar-refractivity contribution < 1.29 is 9.90 Å². The van der Waals surface area contributed by atoms with Crippen molar-refractivity contribution in [1.82, 2.24) is 10.3 Å². The molecule has 1 heterocycles. The van der Waals surface area contributed by atoms with Crippen LogP contribution in [0, 0.1) is 6.92 Å². The second kappa shape index (κ2) is 5.48. The van der Waals surface area contributed by atoms with E-state index < -0.39 is 5.60 Å². The van der Waals surface area contributed by atoms with Crippen LogP contribution in [-0.4, -0.2) is 28.1 Å². The SMILES string of the molecule is Cc1cccnc1C(=O)NCC1(O)CCCCC1. The molecule has 2 N–H and O–H groups in total. The topological polar surface area (TPSA) is 62.2 Å². The van der Waals surface area contributed by atoms with Crippen molar-refractivity contribution in [2.75, 3.05) is 6.54 Å². The number of rotatable bonds is 3. The summed E-state index contributed by atoms with van der Waals surface area (Å²) in [5, 5.41) is 13.1. The summed E-state index contributed by atoms with van der Waals surface area (Å²) in [5.41, 5.74) is 0.568. The Bertz CT molecular complexity index is 426. The normalized spacial score (nSPS) is 18.3. The Morgan fingerprint density at radius 2 is 2.17 bits per heavy atom. The van der Waals surface area contributed by atoms with Gasteiger partial charge in [-0.05, 0) is 31.4 Å². The number of pyridine rings is 1. The van der Waals surface area contributed by atoms with Crippen LogP contribution >= 0.6 is 0 Å². The van der Waals surface area contributed by atoms with Crippen LogP contribution in [0.15, 0.2) is 18.3 Å². The molecule has 2 rings (SSSR count). The zero-order chi connectivity index (χ0) is 13.0. The van der Waals surface area contributed by atoms with E-state index in [1.54, 1.807) is 12.3 Å². The first-order valence-electron chi connectivity index (χ1n) is 6.53. The van der Waals surface area contributed by atoms with Crippen LogP contribution in [0.2, 0.25) is 0 Å². The number of nitrogens with zero attached hydrogens (tertiary/aromatic N) is 1. The number of hydrogen-bond donors (Lipinski definition) is 2. The Morgan fingerprint density at radius 1 is 1.44 bits per heavy atom. The van der Waals surface area contributed by atoms with Gasteiger partial charge in [0.2, 0.25) is 0 Å². The molecule has 98 valence electrons. The Hall–Kier alpha value is -1.42. The molecule has 0 atom stereocenters. The number of hydrogen-bond acceptors (Lipinski definition) is 3. The smallest absolute Gasteiger partial charge is 0.270 e. The average molecular weight is 248 g/mol. The molecular weight excluding hydrogens is 228 g/mol. The highest BCUT2D eigenvalue weighted by molar-refractivity contribution is 5.93. The van der Waals surface area contributed by atoms with Gasteiger partial charge in [-0.3, -0.25) is 9.78 Å². The van der Waals surface area contributed by atoms with Gasteiger partial charge >= 0.3 is 0 Å². The first-order valence-corrected chi connectivity index (χ1v) is 6.53. The van der Waals surface area contributed by atoms with Gasteiger partial charge in [0, 0.05) is 12.7 Å². The summed E-state index contributed by atoms with van der Waals surface area (Å²) in [7, 11) is 0. The summed E-state index contributed by atoms with van der Waals surface area (Å²) < 4.78 is 0. The minimum absolute atomic E-state index is 0.202. The van der Waals surface area contributed by atoms with Crippen LogP contribution in [0.25, 0.3) is 0 Å². The first-order chi connectivity index (χ1) is 8.61. The van der Waals surface area contributed by atoms with E-state index >= 15 is 0 Å². The molecule has 0 saturated heterocycles. The monoisotopic (exact) mass is 248 g/mol. The summed E-state index contributed by atoms with van der Waals surface area (Å²) in [6.45, 7) is 2.18. The molecule has 0 unspecified atom stereocenters. The number of nitrogens with one attached hydrogen (secondary N) is 1. The fourth-order valence-electron chi connectivity index (χ4n) is 2.44. The standard InChI is InChI=1S/C14H20N2O2/c1-11-6-5-9-15-12(11)13(17)16-10-14(18)7-3-2-4-8-14/h5-6,9,18H,2-4,7-8,10H2,1H3,(H,16,17). The van der Waals surface area contributed by atoms with Gasteiger partial charge in [-0.2, -0.15) is 0 Å². The summed E-state index contributed by atoms with van der Waals surface area (Å²) in [6, 6.07) is 3.66. The molecular formula is C14H20N2O2. The number of amides is 1. The van der Waals surface area contributed by atoms with E-state index in [1.165, 1.54) is 6.42 Å². The maximum absolute atomic E-state index is 12.0. The molecule has 18 heavy (non-hydrogen) atoms. The van der Waals surface area contributed by atoms with Gasteiger partial charge in [0.1, 0.15) is 5.69 Å². The Kier molecular flexibility index (Phi) is 3.97. The second-order valence-electron chi connectivity index (χ2n) is 5.14. The second-order valence-corrected chi connectivity index (χ2v) is 5.14. The minimum atomic E-state index is -0.726. The fraction of sp³-hybridized carbons (Fsp3) is 0.571. The Balaban J connectivity index is 1.94. The van der Waals surface area contributed by atoms with Crippen LogP contribution in [0.4, 0.5) is 0 Å². The lowest BCUT2D eigenvalue weighted by molar-refractivity contribution is 0.00520. The van der Waals surface area contributed by atoms with Gasteiger partial charge in [0.25, 0.3) is 5.91 Å². The Labute approximate surface area is 107 Å². The predicted molar refractivity (Wildman–Crippen MR) is 69.3 cm³/mol. The maximum atomic E-state index is 12.0. The van der Waals surface area contributed by atoms with Crippen LogP contribution in [0.1, 0.15) is 48.2 Å². The molecule has 1 amide bonds. The van der Waals surface area contributed by atoms with Gasteiger partial charge in [-0.25, -0.2) is 0 Å². The van der Waals surface area contributed by atoms with E-state index in [0.29, 0.717) is 12.2 Å². The van der Waals surface area contributed by atoms with Gasteiger partial charge in [-0.1, -0.05) is 25.3 Å². The highest BCUT2D eigenvalue weighted by Crippen LogP contribution is 2.27. The summed E-state index contributed by atoms with van der Waals surface area (Å²) in [4.78, 5) is 16.0. The number of aromatic nitrogens is 1. The van der Waals surface area contributed by atoms with Gasteiger partial charge < -0.3 is 10.4 Å². The maximum Gasteiger partial charge on any atom is 0.270 e. The lowest BCUT2D eigenvalue weighted by atomic mass is 9.85. The van der Waals surface area contributed by atoms with Crippen molar-refractivity contribution in [2.45, 2.75) is 44.6 Å². The molecule has 1 aromatic heterocycles. The van der Waals surface area contributed by atoms with E-state index in [4.69, 9.17) is 0 Å². The predicted octanol–water partition coefficient (Wildman–Crippen LogP) is 1.82. The number of carbonyl (C=O) groups is 1. The van der Waals surface area contributed by atoms with Crippen LogP contribution in [0.5, 0.6) is 0 Å². The average Bonchev–Trinajstić information content (AvgIpc) is 2.38. The molecule has 1 fully saturated rings. The van der Waals surface area contributed by atoms with Crippen molar-refractivity contribution in [3.63, 3.8) is 0 Å². The quantitative estimate of drug-likeness (QED) is 0.857. The zero-order valence-corrected chi connectivity index (χ0v) is 10.8. The summed E-state index contributed by atoms with van der Waals surface area (Å²) in [5.74, 6) is -0.202. The fourth-order valence-corrected chi connectivity index (χ4v) is 2.44. The third-order valence-electron chi connectivity index (χ3n) is 3.59. The molecule has 0 spiro atoms. The van der Waals surface area contributed by atoms with Crippen molar-refractivity contribution in [1.29, 1.82) is 0 Å². The molecule has 1 aromatic rings. The Morgan fingerprint density at radius 3 is 2.83 bits per heavy atom. The molecule has 0 aromatic carbocycles. The summed E-state index contributed by atoms with van der Waals surface area (Å²) >= 11 is 0. The van der Waals surface area contributed by atoms with Crippen LogP contribution in [0.3, 0.4) is 0 Å². The molecule has 1 aliphatic carbocycles. The van der Waals surface area contributed by atoms with E-state index in [-0.39, 0.29) is 5.91 Å². The third kappa shape index (κ3) is 3.07. The third-order valence-corrected chi connectivity index (χ3v) is 3.59. The highest BCUT2D eigenvalue weighted by atomic mass is 16.3. The van der Waals surface area contributed by atoms with E-state index in [1.807, 2.05) is 13.0 Å². The van der Waals surface area contributed by atoms with Crippen molar-refractivity contribution >= 4 is 5.91 Å². The van der Waals surface area contributed by atoms with E-state index in [0.717, 1.165) is 31.2 Å². The molecule has 0 aliphatic heterocycles. The van der Waals surface area contributed by atoms with Crippen LogP contribution in [-0.2, 0) is 0 Å². The lowest BCUT2D eigenvalue weighted by Crippen LogP contribution is -2.44.